The van der Waals surface area contributed by atoms with E-state index in [0.717, 1.165) is 29.6 Å². The van der Waals surface area contributed by atoms with E-state index in [1.165, 1.54) is 31.5 Å². The summed E-state index contributed by atoms with van der Waals surface area (Å²) >= 11 is 0. The Balaban J connectivity index is 1.93. The number of nitrogens with zero attached hydrogens (tertiary/aromatic N) is 3. The number of aromatic nitrogens is 3. The zero-order valence-electron chi connectivity index (χ0n) is 13.4. The molecule has 0 spiro atoms. The van der Waals surface area contributed by atoms with Crippen molar-refractivity contribution in [3.63, 3.8) is 0 Å². The molecule has 2 aromatic rings. The topological polar surface area (TPSA) is 54.0 Å². The molecule has 5 nitrogen and oxygen atoms in total. The van der Waals surface area contributed by atoms with E-state index in [0.29, 0.717) is 11.7 Å². The number of hydrogen-bond acceptors (Lipinski definition) is 4. The Kier molecular flexibility index (Phi) is 4.43. The van der Waals surface area contributed by atoms with Gasteiger partial charge in [0.25, 0.3) is 0 Å². The summed E-state index contributed by atoms with van der Waals surface area (Å²) in [7, 11) is 3.84. The minimum absolute atomic E-state index is 0.514. The average molecular weight is 300 g/mol. The molecule has 0 amide bonds. The van der Waals surface area contributed by atoms with Crippen LogP contribution in [0.15, 0.2) is 18.8 Å². The Bertz CT molecular complexity index is 664. The number of pyridine rings is 1. The Morgan fingerprint density at radius 1 is 1.36 bits per heavy atom. The lowest BCUT2D eigenvalue weighted by molar-refractivity contribution is 0.282. The number of likely N-dealkylation sites (tertiary alicyclic amines) is 1. The monoisotopic (exact) mass is 300 g/mol. The van der Waals surface area contributed by atoms with Crippen LogP contribution in [-0.4, -0.2) is 47.3 Å². The van der Waals surface area contributed by atoms with Crippen molar-refractivity contribution in [3.05, 3.63) is 30.1 Å². The van der Waals surface area contributed by atoms with Gasteiger partial charge in [0.05, 0.1) is 7.11 Å². The van der Waals surface area contributed by atoms with Crippen LogP contribution in [0, 0.1) is 0 Å². The number of rotatable bonds is 3. The smallest absolute Gasteiger partial charge is 0.181 e. The molecule has 3 heterocycles. The highest BCUT2D eigenvalue weighted by Gasteiger charge is 2.20. The first-order valence-electron chi connectivity index (χ1n) is 7.95. The van der Waals surface area contributed by atoms with E-state index >= 15 is 0 Å². The van der Waals surface area contributed by atoms with Gasteiger partial charge in [0.15, 0.2) is 5.65 Å². The van der Waals surface area contributed by atoms with Crippen molar-refractivity contribution in [2.24, 2.45) is 0 Å². The van der Waals surface area contributed by atoms with Crippen LogP contribution in [0.5, 0.6) is 0 Å². The van der Waals surface area contributed by atoms with Crippen LogP contribution in [0.3, 0.4) is 0 Å². The fourth-order valence-corrected chi connectivity index (χ4v) is 3.19. The third kappa shape index (κ3) is 2.99. The van der Waals surface area contributed by atoms with Crippen LogP contribution in [0.1, 0.15) is 42.9 Å². The molecule has 118 valence electrons. The molecule has 22 heavy (non-hydrogen) atoms. The van der Waals surface area contributed by atoms with Gasteiger partial charge in [-0.15, -0.1) is 0 Å². The maximum atomic E-state index is 5.23. The molecule has 2 aromatic heterocycles. The minimum atomic E-state index is 0.514. The molecule has 0 radical (unpaired) electrons. The summed E-state index contributed by atoms with van der Waals surface area (Å²) in [5.74, 6) is 1.15. The molecule has 1 fully saturated rings. The van der Waals surface area contributed by atoms with Gasteiger partial charge in [-0.1, -0.05) is 13.0 Å². The lowest BCUT2D eigenvalue weighted by Crippen LogP contribution is -2.24. The molecule has 0 aromatic carbocycles. The molecule has 1 saturated heterocycles. The van der Waals surface area contributed by atoms with E-state index < -0.39 is 0 Å². The molecule has 1 aliphatic rings. The van der Waals surface area contributed by atoms with Gasteiger partial charge >= 0.3 is 0 Å². The molecule has 1 aliphatic heterocycles. The first kappa shape index (κ1) is 15.0. The van der Waals surface area contributed by atoms with Crippen LogP contribution >= 0.6 is 0 Å². The maximum Gasteiger partial charge on any atom is 0.181 e. The van der Waals surface area contributed by atoms with E-state index in [9.17, 15) is 0 Å². The molecule has 3 rings (SSSR count). The molecule has 0 aliphatic carbocycles. The van der Waals surface area contributed by atoms with Gasteiger partial charge in [-0.25, -0.2) is 4.98 Å². The first-order valence-corrected chi connectivity index (χ1v) is 7.95. The number of aromatic amines is 1. The largest absolute Gasteiger partial charge is 0.497 e. The van der Waals surface area contributed by atoms with E-state index in [2.05, 4.69) is 39.8 Å². The fraction of sp³-hybridized carbons (Fsp3) is 0.529. The molecular formula is C17H24N4O. The summed E-state index contributed by atoms with van der Waals surface area (Å²) in [5.41, 5.74) is 2.90. The Labute approximate surface area is 131 Å². The predicted molar refractivity (Wildman–Crippen MR) is 88.6 cm³/mol. The second-order valence-electron chi connectivity index (χ2n) is 6.14. The summed E-state index contributed by atoms with van der Waals surface area (Å²) in [6.07, 6.45) is 6.66. The minimum Gasteiger partial charge on any atom is -0.497 e. The lowest BCUT2D eigenvalue weighted by Gasteiger charge is -2.24. The van der Waals surface area contributed by atoms with Crippen LogP contribution in [0.2, 0.25) is 0 Å². The van der Waals surface area contributed by atoms with E-state index in [1.54, 1.807) is 13.3 Å². The third-order valence-corrected chi connectivity index (χ3v) is 4.62. The Hall–Kier alpha value is -1.88. The van der Waals surface area contributed by atoms with Gasteiger partial charge in [-0.3, -0.25) is 5.10 Å². The predicted octanol–water partition coefficient (Wildman–Crippen LogP) is 3.16. The van der Waals surface area contributed by atoms with Gasteiger partial charge in [-0.05, 0) is 45.5 Å². The number of fused-ring (bicyclic) bond motifs is 1. The highest BCUT2D eigenvalue weighted by atomic mass is 16.5. The van der Waals surface area contributed by atoms with Gasteiger partial charge < -0.3 is 9.64 Å². The number of nitrogens with one attached hydrogen (secondary N) is 1. The second kappa shape index (κ2) is 6.48. The molecule has 1 unspecified atom stereocenters. The van der Waals surface area contributed by atoms with Crippen molar-refractivity contribution in [1.29, 1.82) is 0 Å². The summed E-state index contributed by atoms with van der Waals surface area (Å²) < 4.78 is 5.23. The Morgan fingerprint density at radius 3 is 3.05 bits per heavy atom. The highest BCUT2D eigenvalue weighted by molar-refractivity contribution is 5.81. The van der Waals surface area contributed by atoms with Gasteiger partial charge in [0.1, 0.15) is 5.76 Å². The Morgan fingerprint density at radius 2 is 2.23 bits per heavy atom. The number of hydrogen-bond donors (Lipinski definition) is 1. The van der Waals surface area contributed by atoms with E-state index in [4.69, 9.17) is 4.74 Å². The van der Waals surface area contributed by atoms with Gasteiger partial charge in [0.2, 0.25) is 0 Å². The SMILES string of the molecule is C=C(OC)c1cnc2n[nH]c(C3CCCCN(C)CC3)c2c1. The zero-order valence-corrected chi connectivity index (χ0v) is 13.4. The molecule has 1 atom stereocenters. The van der Waals surface area contributed by atoms with Crippen LogP contribution in [0.4, 0.5) is 0 Å². The highest BCUT2D eigenvalue weighted by Crippen LogP contribution is 2.31. The summed E-state index contributed by atoms with van der Waals surface area (Å²) in [6, 6.07) is 2.09. The molecule has 0 bridgehead atoms. The normalized spacial score (nSPS) is 20.5. The number of ether oxygens (including phenoxy) is 1. The summed E-state index contributed by atoms with van der Waals surface area (Å²) in [5, 5.41) is 8.70. The van der Waals surface area contributed by atoms with Crippen molar-refractivity contribution >= 4 is 16.8 Å². The van der Waals surface area contributed by atoms with Crippen LogP contribution in [-0.2, 0) is 4.74 Å². The fourth-order valence-electron chi connectivity index (χ4n) is 3.19. The molecule has 1 N–H and O–H groups in total. The van der Waals surface area contributed by atoms with Gasteiger partial charge in [0, 0.05) is 28.8 Å². The molecule has 0 saturated carbocycles. The van der Waals surface area contributed by atoms with Crippen molar-refractivity contribution in [2.75, 3.05) is 27.2 Å². The summed E-state index contributed by atoms with van der Waals surface area (Å²) in [6.45, 7) is 6.25. The molecule has 5 heteroatoms. The third-order valence-electron chi connectivity index (χ3n) is 4.62. The van der Waals surface area contributed by atoms with Crippen molar-refractivity contribution in [3.8, 4) is 0 Å². The number of H-pyrrole nitrogens is 1. The van der Waals surface area contributed by atoms with E-state index in [1.807, 2.05) is 0 Å². The summed E-state index contributed by atoms with van der Waals surface area (Å²) in [4.78, 5) is 6.85. The quantitative estimate of drug-likeness (QED) is 0.885. The van der Waals surface area contributed by atoms with Crippen molar-refractivity contribution in [2.45, 2.75) is 31.6 Å². The first-order chi connectivity index (χ1) is 10.7. The standard InChI is InChI=1S/C17H24N4O/c1-12(22-3)14-10-15-16(19-20-17(15)18-11-14)13-6-4-5-8-21(2)9-7-13/h10-11,13H,1,4-9H2,2-3H3,(H,18,19,20). The van der Waals surface area contributed by atoms with Crippen LogP contribution < -0.4 is 0 Å². The average Bonchev–Trinajstić information content (AvgIpc) is 2.94. The number of methoxy groups -OCH3 is 1. The van der Waals surface area contributed by atoms with E-state index in [-0.39, 0.29) is 0 Å². The molecular weight excluding hydrogens is 276 g/mol. The maximum absolute atomic E-state index is 5.23. The second-order valence-corrected chi connectivity index (χ2v) is 6.14. The van der Waals surface area contributed by atoms with Crippen molar-refractivity contribution < 1.29 is 4.74 Å². The zero-order chi connectivity index (χ0) is 15.5. The van der Waals surface area contributed by atoms with Gasteiger partial charge in [-0.2, -0.15) is 5.10 Å². The van der Waals surface area contributed by atoms with Crippen molar-refractivity contribution in [1.82, 2.24) is 20.1 Å². The van der Waals surface area contributed by atoms with Crippen LogP contribution in [0.25, 0.3) is 16.8 Å². The lowest BCUT2D eigenvalue weighted by atomic mass is 9.91.